The molecular formula is C23H18Cl2N4O3. The first-order chi connectivity index (χ1) is 15.3. The van der Waals surface area contributed by atoms with E-state index in [1.54, 1.807) is 36.4 Å². The van der Waals surface area contributed by atoms with Crippen LogP contribution in [0, 0.1) is 6.92 Å². The Morgan fingerprint density at radius 3 is 2.25 bits per heavy atom. The van der Waals surface area contributed by atoms with Crippen LogP contribution in [0.4, 0.5) is 11.4 Å². The lowest BCUT2D eigenvalue weighted by Gasteiger charge is -2.11. The van der Waals surface area contributed by atoms with Crippen molar-refractivity contribution in [3.8, 4) is 0 Å². The number of carbonyl (C=O) groups excluding carboxylic acids is 3. The van der Waals surface area contributed by atoms with E-state index in [2.05, 4.69) is 21.2 Å². The average Bonchev–Trinajstić information content (AvgIpc) is 2.76. The van der Waals surface area contributed by atoms with Crippen molar-refractivity contribution in [3.63, 3.8) is 0 Å². The third-order valence-electron chi connectivity index (χ3n) is 4.26. The summed E-state index contributed by atoms with van der Waals surface area (Å²) in [5.41, 5.74) is 4.47. The minimum atomic E-state index is -1.03. The zero-order valence-corrected chi connectivity index (χ0v) is 18.4. The number of halogens is 2. The molecule has 0 atom stereocenters. The molecule has 3 amide bonds. The number of para-hydroxylation sites is 1. The number of hydrogen-bond acceptors (Lipinski definition) is 4. The summed E-state index contributed by atoms with van der Waals surface area (Å²) >= 11 is 12.0. The Morgan fingerprint density at radius 1 is 0.844 bits per heavy atom. The topological polar surface area (TPSA) is 99.7 Å². The van der Waals surface area contributed by atoms with E-state index >= 15 is 0 Å². The molecule has 9 heteroatoms. The fourth-order valence-electron chi connectivity index (χ4n) is 2.73. The number of nitrogens with zero attached hydrogens (tertiary/aromatic N) is 1. The van der Waals surface area contributed by atoms with Gasteiger partial charge < -0.3 is 10.6 Å². The number of aryl methyl sites for hydroxylation is 1. The van der Waals surface area contributed by atoms with Crippen LogP contribution in [0.5, 0.6) is 0 Å². The van der Waals surface area contributed by atoms with Crippen LogP contribution in [-0.4, -0.2) is 23.9 Å². The third-order valence-corrected chi connectivity index (χ3v) is 4.92. The molecule has 0 saturated carbocycles. The quantitative estimate of drug-likeness (QED) is 0.288. The van der Waals surface area contributed by atoms with E-state index in [0.29, 0.717) is 21.3 Å². The van der Waals surface area contributed by atoms with E-state index in [4.69, 9.17) is 23.2 Å². The molecule has 0 fully saturated rings. The van der Waals surface area contributed by atoms with E-state index in [1.807, 2.05) is 25.1 Å². The molecule has 0 aliphatic heterocycles. The van der Waals surface area contributed by atoms with E-state index < -0.39 is 17.7 Å². The van der Waals surface area contributed by atoms with Crippen molar-refractivity contribution in [2.45, 2.75) is 6.92 Å². The van der Waals surface area contributed by atoms with Gasteiger partial charge >= 0.3 is 11.8 Å². The Morgan fingerprint density at radius 2 is 1.53 bits per heavy atom. The van der Waals surface area contributed by atoms with Crippen LogP contribution in [0.1, 0.15) is 21.5 Å². The van der Waals surface area contributed by atoms with Crippen LogP contribution in [0.25, 0.3) is 0 Å². The molecule has 32 heavy (non-hydrogen) atoms. The molecule has 0 aromatic heterocycles. The maximum absolute atomic E-state index is 12.7. The van der Waals surface area contributed by atoms with E-state index in [9.17, 15) is 14.4 Å². The van der Waals surface area contributed by atoms with Crippen LogP contribution >= 0.6 is 23.2 Å². The number of amides is 3. The van der Waals surface area contributed by atoms with Crippen molar-refractivity contribution in [1.82, 2.24) is 5.43 Å². The van der Waals surface area contributed by atoms with Gasteiger partial charge in [0, 0.05) is 11.3 Å². The highest BCUT2D eigenvalue weighted by atomic mass is 35.5. The summed E-state index contributed by atoms with van der Waals surface area (Å²) in [7, 11) is 0. The minimum Gasteiger partial charge on any atom is -0.322 e. The molecule has 3 N–H and O–H groups in total. The van der Waals surface area contributed by atoms with Gasteiger partial charge in [0.2, 0.25) is 0 Å². The zero-order valence-electron chi connectivity index (χ0n) is 16.9. The Hall–Kier alpha value is -3.68. The first kappa shape index (κ1) is 23.0. The van der Waals surface area contributed by atoms with Crippen LogP contribution in [-0.2, 0) is 9.59 Å². The van der Waals surface area contributed by atoms with Gasteiger partial charge in [-0.2, -0.15) is 5.10 Å². The van der Waals surface area contributed by atoms with Crippen molar-refractivity contribution < 1.29 is 14.4 Å². The largest absolute Gasteiger partial charge is 0.329 e. The number of hydrazone groups is 1. The lowest BCUT2D eigenvalue weighted by molar-refractivity contribution is -0.136. The standard InChI is InChI=1S/C23H18Cl2N4O3/c1-14-6-4-7-15(12-14)27-21(30)16-8-2-3-11-20(16)28-22(31)23(32)29-26-13-17-18(24)9-5-10-19(17)25/h2-13H,1H3,(H,27,30)(H,28,31)(H,29,32). The van der Waals surface area contributed by atoms with Gasteiger partial charge in [0.1, 0.15) is 0 Å². The van der Waals surface area contributed by atoms with Gasteiger partial charge in [0.15, 0.2) is 0 Å². The molecule has 0 spiro atoms. The number of anilines is 2. The predicted octanol–water partition coefficient (Wildman–Crippen LogP) is 4.64. The molecule has 3 rings (SSSR count). The first-order valence-electron chi connectivity index (χ1n) is 9.40. The molecule has 0 heterocycles. The molecule has 7 nitrogen and oxygen atoms in total. The normalized spacial score (nSPS) is 10.6. The summed E-state index contributed by atoms with van der Waals surface area (Å²) < 4.78 is 0. The van der Waals surface area contributed by atoms with Gasteiger partial charge in [-0.25, -0.2) is 5.43 Å². The number of hydrogen-bond donors (Lipinski definition) is 3. The monoisotopic (exact) mass is 468 g/mol. The maximum atomic E-state index is 12.7. The Kier molecular flexibility index (Phi) is 7.59. The molecule has 0 unspecified atom stereocenters. The van der Waals surface area contributed by atoms with Crippen molar-refractivity contribution in [2.75, 3.05) is 10.6 Å². The van der Waals surface area contributed by atoms with Crippen molar-refractivity contribution >= 4 is 58.5 Å². The number of rotatable bonds is 5. The van der Waals surface area contributed by atoms with Gasteiger partial charge in [-0.05, 0) is 48.9 Å². The predicted molar refractivity (Wildman–Crippen MR) is 126 cm³/mol. The van der Waals surface area contributed by atoms with Gasteiger partial charge in [0.25, 0.3) is 5.91 Å². The fourth-order valence-corrected chi connectivity index (χ4v) is 3.23. The summed E-state index contributed by atoms with van der Waals surface area (Å²) in [4.78, 5) is 37.1. The summed E-state index contributed by atoms with van der Waals surface area (Å²) in [5, 5.41) is 9.58. The lowest BCUT2D eigenvalue weighted by atomic mass is 10.1. The van der Waals surface area contributed by atoms with E-state index in [0.717, 1.165) is 5.56 Å². The first-order valence-corrected chi connectivity index (χ1v) is 10.2. The van der Waals surface area contributed by atoms with E-state index in [1.165, 1.54) is 18.3 Å². The van der Waals surface area contributed by atoms with Crippen LogP contribution in [0.15, 0.2) is 71.8 Å². The molecule has 3 aromatic rings. The molecule has 0 saturated heterocycles. The van der Waals surface area contributed by atoms with Crippen molar-refractivity contribution in [1.29, 1.82) is 0 Å². The van der Waals surface area contributed by atoms with Gasteiger partial charge in [-0.3, -0.25) is 14.4 Å². The molecule has 0 aliphatic carbocycles. The Labute approximate surface area is 194 Å². The number of benzene rings is 3. The molecular weight excluding hydrogens is 451 g/mol. The number of carbonyl (C=O) groups is 3. The van der Waals surface area contributed by atoms with Gasteiger partial charge in [-0.1, -0.05) is 53.5 Å². The highest BCUT2D eigenvalue weighted by Crippen LogP contribution is 2.22. The molecule has 162 valence electrons. The number of nitrogens with one attached hydrogen (secondary N) is 3. The molecule has 0 radical (unpaired) electrons. The minimum absolute atomic E-state index is 0.177. The molecule has 3 aromatic carbocycles. The van der Waals surface area contributed by atoms with Crippen molar-refractivity contribution in [3.05, 3.63) is 93.5 Å². The molecule has 0 bridgehead atoms. The second-order valence-corrected chi connectivity index (χ2v) is 7.47. The summed E-state index contributed by atoms with van der Waals surface area (Å²) in [6.07, 6.45) is 1.24. The summed E-state index contributed by atoms with van der Waals surface area (Å²) in [6.45, 7) is 1.91. The highest BCUT2D eigenvalue weighted by molar-refractivity contribution is 6.40. The third kappa shape index (κ3) is 5.94. The Bertz CT molecular complexity index is 1190. The van der Waals surface area contributed by atoms with Gasteiger partial charge in [0.05, 0.1) is 27.5 Å². The van der Waals surface area contributed by atoms with E-state index in [-0.39, 0.29) is 11.3 Å². The van der Waals surface area contributed by atoms with Crippen molar-refractivity contribution in [2.24, 2.45) is 5.10 Å². The average molecular weight is 469 g/mol. The molecule has 0 aliphatic rings. The fraction of sp³-hybridized carbons (Fsp3) is 0.0435. The summed E-state index contributed by atoms with van der Waals surface area (Å²) in [5.74, 6) is -2.46. The SMILES string of the molecule is Cc1cccc(NC(=O)c2ccccc2NC(=O)C(=O)NN=Cc2c(Cl)cccc2Cl)c1. The second-order valence-electron chi connectivity index (χ2n) is 6.66. The zero-order chi connectivity index (χ0) is 23.1. The van der Waals surface area contributed by atoms with Gasteiger partial charge in [-0.15, -0.1) is 0 Å². The summed E-state index contributed by atoms with van der Waals surface area (Å²) in [6, 6.07) is 18.5. The lowest BCUT2D eigenvalue weighted by Crippen LogP contribution is -2.33. The Balaban J connectivity index is 1.66. The second kappa shape index (κ2) is 10.6. The highest BCUT2D eigenvalue weighted by Gasteiger charge is 2.18. The van der Waals surface area contributed by atoms with Crippen LogP contribution in [0.2, 0.25) is 10.0 Å². The van der Waals surface area contributed by atoms with Crippen LogP contribution in [0.3, 0.4) is 0 Å². The van der Waals surface area contributed by atoms with Crippen LogP contribution < -0.4 is 16.1 Å². The maximum Gasteiger partial charge on any atom is 0.329 e. The smallest absolute Gasteiger partial charge is 0.322 e.